The van der Waals surface area contributed by atoms with Crippen LogP contribution in [0.25, 0.3) is 0 Å². The number of hydrogen-bond acceptors (Lipinski definition) is 3. The van der Waals surface area contributed by atoms with Crippen molar-refractivity contribution in [1.29, 1.82) is 0 Å². The maximum absolute atomic E-state index is 13.9. The van der Waals surface area contributed by atoms with E-state index in [0.717, 1.165) is 5.69 Å². The molecule has 0 saturated carbocycles. The zero-order valence-electron chi connectivity index (χ0n) is 10.9. The minimum absolute atomic E-state index is 0.285. The van der Waals surface area contributed by atoms with Crippen LogP contribution in [0.5, 0.6) is 0 Å². The summed E-state index contributed by atoms with van der Waals surface area (Å²) in [5, 5.41) is 5.00. The highest BCUT2D eigenvalue weighted by molar-refractivity contribution is 6.31. The van der Waals surface area contributed by atoms with E-state index in [0.29, 0.717) is 22.2 Å². The van der Waals surface area contributed by atoms with E-state index in [1.54, 1.807) is 23.0 Å². The summed E-state index contributed by atoms with van der Waals surface area (Å²) in [6.07, 6.45) is 1.83. The molecule has 0 bridgehead atoms. The van der Waals surface area contributed by atoms with Gasteiger partial charge >= 0.3 is 0 Å². The van der Waals surface area contributed by atoms with E-state index in [-0.39, 0.29) is 18.3 Å². The lowest BCUT2D eigenvalue weighted by Crippen LogP contribution is -2.32. The van der Waals surface area contributed by atoms with Gasteiger partial charge in [0.15, 0.2) is 0 Å². The lowest BCUT2D eigenvalue weighted by Gasteiger charge is -2.19. The molecule has 3 N–H and O–H groups in total. The molecule has 1 unspecified atom stereocenters. The number of hydrazine groups is 1. The van der Waals surface area contributed by atoms with Crippen LogP contribution in [0, 0.1) is 5.82 Å². The Balaban J connectivity index is 2.36. The first-order valence-electron chi connectivity index (χ1n) is 6.18. The third kappa shape index (κ3) is 2.96. The van der Waals surface area contributed by atoms with E-state index in [9.17, 15) is 4.39 Å². The molecule has 1 aromatic carbocycles. The van der Waals surface area contributed by atoms with Crippen LogP contribution in [0.3, 0.4) is 0 Å². The van der Waals surface area contributed by atoms with Crippen molar-refractivity contribution in [2.45, 2.75) is 25.9 Å². The van der Waals surface area contributed by atoms with Crippen LogP contribution in [0.4, 0.5) is 4.39 Å². The molecule has 1 atom stereocenters. The third-order valence-corrected chi connectivity index (χ3v) is 3.78. The molecule has 0 aliphatic heterocycles. The molecular weight excluding hydrogens is 302 g/mol. The molecule has 4 nitrogen and oxygen atoms in total. The number of hydrogen-bond donors (Lipinski definition) is 2. The average molecular weight is 317 g/mol. The highest BCUT2D eigenvalue weighted by atomic mass is 35.5. The maximum Gasteiger partial charge on any atom is 0.127 e. The molecule has 0 amide bonds. The smallest absolute Gasteiger partial charge is 0.127 e. The van der Waals surface area contributed by atoms with Gasteiger partial charge in [-0.1, -0.05) is 29.3 Å². The van der Waals surface area contributed by atoms with Gasteiger partial charge in [0.1, 0.15) is 5.82 Å². The molecule has 7 heteroatoms. The number of nitrogens with one attached hydrogen (secondary N) is 1. The number of aromatic nitrogens is 2. The van der Waals surface area contributed by atoms with E-state index in [1.807, 2.05) is 6.92 Å². The van der Waals surface area contributed by atoms with Gasteiger partial charge in [-0.3, -0.25) is 16.0 Å². The first-order chi connectivity index (χ1) is 9.58. The van der Waals surface area contributed by atoms with E-state index in [4.69, 9.17) is 29.0 Å². The van der Waals surface area contributed by atoms with Gasteiger partial charge < -0.3 is 0 Å². The van der Waals surface area contributed by atoms with Crippen LogP contribution < -0.4 is 11.3 Å². The van der Waals surface area contributed by atoms with Gasteiger partial charge in [0.25, 0.3) is 0 Å². The summed E-state index contributed by atoms with van der Waals surface area (Å²) in [4.78, 5) is 0. The van der Waals surface area contributed by atoms with Crippen LogP contribution in [0.15, 0.2) is 24.4 Å². The number of nitrogens with zero attached hydrogens (tertiary/aromatic N) is 2. The van der Waals surface area contributed by atoms with E-state index in [1.165, 1.54) is 6.07 Å². The SMILES string of the molecule is CCn1ncc(Cl)c1C(Cc1c(F)cccc1Cl)NN. The zero-order valence-corrected chi connectivity index (χ0v) is 12.4. The quantitative estimate of drug-likeness (QED) is 0.658. The number of rotatable bonds is 5. The van der Waals surface area contributed by atoms with Crippen molar-refractivity contribution in [2.75, 3.05) is 0 Å². The Labute approximate surface area is 126 Å². The van der Waals surface area contributed by atoms with Gasteiger partial charge in [0.2, 0.25) is 0 Å². The highest BCUT2D eigenvalue weighted by Crippen LogP contribution is 2.29. The molecule has 0 aliphatic carbocycles. The topological polar surface area (TPSA) is 55.9 Å². The summed E-state index contributed by atoms with van der Waals surface area (Å²) in [6.45, 7) is 2.59. The van der Waals surface area contributed by atoms with Crippen LogP contribution in [0.1, 0.15) is 24.2 Å². The Morgan fingerprint density at radius 1 is 1.40 bits per heavy atom. The predicted octanol–water partition coefficient (Wildman–Crippen LogP) is 3.10. The van der Waals surface area contributed by atoms with Crippen molar-refractivity contribution in [3.05, 3.63) is 51.5 Å². The van der Waals surface area contributed by atoms with Crippen molar-refractivity contribution in [2.24, 2.45) is 5.84 Å². The van der Waals surface area contributed by atoms with Gasteiger partial charge in [0.05, 0.1) is 23.0 Å². The second-order valence-electron chi connectivity index (χ2n) is 4.32. The number of halogens is 3. The fourth-order valence-electron chi connectivity index (χ4n) is 2.14. The number of nitrogens with two attached hydrogens (primary N) is 1. The van der Waals surface area contributed by atoms with Crippen molar-refractivity contribution in [3.8, 4) is 0 Å². The molecule has 2 rings (SSSR count). The van der Waals surface area contributed by atoms with E-state index >= 15 is 0 Å². The molecule has 0 radical (unpaired) electrons. The molecule has 0 saturated heterocycles. The number of aryl methyl sites for hydroxylation is 1. The molecule has 1 heterocycles. The Kier molecular flexibility index (Phi) is 4.99. The Hall–Kier alpha value is -1.14. The van der Waals surface area contributed by atoms with Crippen molar-refractivity contribution in [1.82, 2.24) is 15.2 Å². The van der Waals surface area contributed by atoms with Gasteiger partial charge in [-0.2, -0.15) is 5.10 Å². The Morgan fingerprint density at radius 3 is 2.75 bits per heavy atom. The molecule has 20 heavy (non-hydrogen) atoms. The standard InChI is InChI=1S/C13H15Cl2FN4/c1-2-20-13(10(15)7-18-20)12(19-17)6-8-9(14)4-3-5-11(8)16/h3-5,7,12,19H,2,6,17H2,1H3. The molecule has 0 fully saturated rings. The van der Waals surface area contributed by atoms with Gasteiger partial charge in [-0.15, -0.1) is 0 Å². The first kappa shape index (κ1) is 15.3. The summed E-state index contributed by atoms with van der Waals surface area (Å²) < 4.78 is 15.6. The summed E-state index contributed by atoms with van der Waals surface area (Å²) in [7, 11) is 0. The molecule has 108 valence electrons. The lowest BCUT2D eigenvalue weighted by atomic mass is 10.0. The maximum atomic E-state index is 13.9. The molecule has 0 aliphatic rings. The van der Waals surface area contributed by atoms with E-state index in [2.05, 4.69) is 10.5 Å². The molecule has 2 aromatic rings. The summed E-state index contributed by atoms with van der Waals surface area (Å²) in [5.41, 5.74) is 3.77. The fraction of sp³-hybridized carbons (Fsp3) is 0.308. The summed E-state index contributed by atoms with van der Waals surface area (Å²) in [6, 6.07) is 4.20. The summed E-state index contributed by atoms with van der Waals surface area (Å²) >= 11 is 12.2. The highest BCUT2D eigenvalue weighted by Gasteiger charge is 2.21. The largest absolute Gasteiger partial charge is 0.271 e. The molecule has 1 aromatic heterocycles. The van der Waals surface area contributed by atoms with Crippen LogP contribution in [0.2, 0.25) is 10.0 Å². The van der Waals surface area contributed by atoms with Crippen LogP contribution >= 0.6 is 23.2 Å². The minimum atomic E-state index is -0.376. The van der Waals surface area contributed by atoms with Gasteiger partial charge in [0, 0.05) is 17.1 Å². The minimum Gasteiger partial charge on any atom is -0.271 e. The Morgan fingerprint density at radius 2 is 2.15 bits per heavy atom. The van der Waals surface area contributed by atoms with Gasteiger partial charge in [-0.05, 0) is 25.5 Å². The van der Waals surface area contributed by atoms with Crippen LogP contribution in [-0.2, 0) is 13.0 Å². The number of benzene rings is 1. The molecular formula is C13H15Cl2FN4. The van der Waals surface area contributed by atoms with Crippen molar-refractivity contribution < 1.29 is 4.39 Å². The molecule has 0 spiro atoms. The van der Waals surface area contributed by atoms with Crippen LogP contribution in [-0.4, -0.2) is 9.78 Å². The lowest BCUT2D eigenvalue weighted by molar-refractivity contribution is 0.481. The Bertz CT molecular complexity index is 580. The van der Waals surface area contributed by atoms with Gasteiger partial charge in [-0.25, -0.2) is 4.39 Å². The monoisotopic (exact) mass is 316 g/mol. The van der Waals surface area contributed by atoms with Crippen molar-refractivity contribution in [3.63, 3.8) is 0 Å². The zero-order chi connectivity index (χ0) is 14.7. The average Bonchev–Trinajstić information content (AvgIpc) is 2.80. The second-order valence-corrected chi connectivity index (χ2v) is 5.13. The van der Waals surface area contributed by atoms with E-state index < -0.39 is 0 Å². The summed E-state index contributed by atoms with van der Waals surface area (Å²) in [5.74, 6) is 5.22. The first-order valence-corrected chi connectivity index (χ1v) is 6.94. The predicted molar refractivity (Wildman–Crippen MR) is 78.1 cm³/mol. The fourth-order valence-corrected chi connectivity index (χ4v) is 2.65. The second kappa shape index (κ2) is 6.54. The third-order valence-electron chi connectivity index (χ3n) is 3.13. The van der Waals surface area contributed by atoms with Crippen molar-refractivity contribution >= 4 is 23.2 Å². The normalized spacial score (nSPS) is 12.7.